The highest BCUT2D eigenvalue weighted by atomic mass is 16.4. The molecule has 17 heavy (non-hydrogen) atoms. The second-order valence-corrected chi connectivity index (χ2v) is 4.62. The molecule has 1 rings (SSSR count). The van der Waals surface area contributed by atoms with Gasteiger partial charge in [-0.05, 0) is 24.7 Å². The van der Waals surface area contributed by atoms with Crippen molar-refractivity contribution in [1.82, 2.24) is 10.6 Å². The molecule has 1 aliphatic carbocycles. The third-order valence-electron chi connectivity index (χ3n) is 3.53. The van der Waals surface area contributed by atoms with E-state index in [1.54, 1.807) is 0 Å². The van der Waals surface area contributed by atoms with Gasteiger partial charge in [0.1, 0.15) is 0 Å². The van der Waals surface area contributed by atoms with Crippen LogP contribution in [0.3, 0.4) is 0 Å². The van der Waals surface area contributed by atoms with Crippen molar-refractivity contribution in [3.63, 3.8) is 0 Å². The summed E-state index contributed by atoms with van der Waals surface area (Å²) in [5.41, 5.74) is 0.225. The lowest BCUT2D eigenvalue weighted by atomic mass is 9.67. The fourth-order valence-corrected chi connectivity index (χ4v) is 1.94. The van der Waals surface area contributed by atoms with Crippen LogP contribution in [-0.4, -0.2) is 41.4 Å². The van der Waals surface area contributed by atoms with Gasteiger partial charge in [-0.15, -0.1) is 0 Å². The van der Waals surface area contributed by atoms with Crippen LogP contribution in [0.15, 0.2) is 0 Å². The van der Waals surface area contributed by atoms with Gasteiger partial charge < -0.3 is 20.8 Å². The molecule has 1 saturated carbocycles. The smallest absolute Gasteiger partial charge is 0.334 e. The molecule has 0 bridgehead atoms. The van der Waals surface area contributed by atoms with Crippen molar-refractivity contribution < 1.29 is 19.8 Å². The van der Waals surface area contributed by atoms with Crippen molar-refractivity contribution >= 4 is 12.0 Å². The van der Waals surface area contributed by atoms with Gasteiger partial charge in [0.05, 0.1) is 6.54 Å². The molecule has 0 heterocycles. The summed E-state index contributed by atoms with van der Waals surface area (Å²) in [6.07, 6.45) is 2.94. The largest absolute Gasteiger partial charge is 0.479 e. The molecule has 1 aliphatic rings. The Labute approximate surface area is 100 Å². The van der Waals surface area contributed by atoms with E-state index in [2.05, 4.69) is 17.6 Å². The minimum absolute atomic E-state index is 0.225. The molecule has 0 saturated heterocycles. The average Bonchev–Trinajstić information content (AvgIpc) is 2.24. The molecule has 1 atom stereocenters. The number of hydrogen-bond acceptors (Lipinski definition) is 3. The first-order valence-corrected chi connectivity index (χ1v) is 5.92. The van der Waals surface area contributed by atoms with Crippen molar-refractivity contribution in [2.75, 3.05) is 13.1 Å². The van der Waals surface area contributed by atoms with Crippen LogP contribution < -0.4 is 10.6 Å². The second kappa shape index (κ2) is 5.86. The fraction of sp³-hybridized carbons (Fsp3) is 0.818. The molecule has 98 valence electrons. The van der Waals surface area contributed by atoms with E-state index in [0.717, 1.165) is 19.3 Å². The van der Waals surface area contributed by atoms with Crippen LogP contribution in [0.25, 0.3) is 0 Å². The monoisotopic (exact) mass is 244 g/mol. The van der Waals surface area contributed by atoms with Crippen molar-refractivity contribution in [2.24, 2.45) is 5.41 Å². The Morgan fingerprint density at radius 2 is 2.00 bits per heavy atom. The number of aliphatic hydroxyl groups is 1. The Bertz CT molecular complexity index is 284. The number of nitrogens with one attached hydrogen (secondary N) is 2. The number of amides is 2. The second-order valence-electron chi connectivity index (χ2n) is 4.62. The van der Waals surface area contributed by atoms with Gasteiger partial charge in [0, 0.05) is 6.54 Å². The predicted molar refractivity (Wildman–Crippen MR) is 61.6 cm³/mol. The molecule has 1 fully saturated rings. The number of rotatable bonds is 6. The fourth-order valence-electron chi connectivity index (χ4n) is 1.94. The van der Waals surface area contributed by atoms with Gasteiger partial charge >= 0.3 is 12.0 Å². The van der Waals surface area contributed by atoms with E-state index < -0.39 is 18.1 Å². The lowest BCUT2D eigenvalue weighted by Gasteiger charge is -2.41. The van der Waals surface area contributed by atoms with Crippen LogP contribution in [0.4, 0.5) is 4.79 Å². The maximum atomic E-state index is 11.3. The summed E-state index contributed by atoms with van der Waals surface area (Å²) in [6, 6.07) is -0.426. The third kappa shape index (κ3) is 3.89. The van der Waals surface area contributed by atoms with Crippen molar-refractivity contribution in [3.8, 4) is 0 Å². The van der Waals surface area contributed by atoms with E-state index in [0.29, 0.717) is 6.54 Å². The lowest BCUT2D eigenvalue weighted by Crippen LogP contribution is -2.47. The maximum absolute atomic E-state index is 11.3. The molecule has 0 aliphatic heterocycles. The number of carbonyl (C=O) groups is 2. The number of hydrogen-bond donors (Lipinski definition) is 4. The third-order valence-corrected chi connectivity index (χ3v) is 3.53. The number of aliphatic hydroxyl groups excluding tert-OH is 1. The average molecular weight is 244 g/mol. The Hall–Kier alpha value is -1.30. The van der Waals surface area contributed by atoms with E-state index in [1.807, 2.05) is 0 Å². The first-order chi connectivity index (χ1) is 7.99. The maximum Gasteiger partial charge on any atom is 0.334 e. The molecular formula is C11H20N2O4. The zero-order valence-corrected chi connectivity index (χ0v) is 10.0. The Morgan fingerprint density at radius 1 is 1.35 bits per heavy atom. The standard InChI is InChI=1S/C11H20N2O4/c1-2-11(4-3-5-11)7-13-10(17)12-6-8(14)9(15)16/h8,14H,2-7H2,1H3,(H,15,16)(H2,12,13,17)/t8-/m0/s1. The molecule has 0 spiro atoms. The SMILES string of the molecule is CCC1(CNC(=O)NC[C@H](O)C(=O)O)CCC1. The Balaban J connectivity index is 2.19. The van der Waals surface area contributed by atoms with Gasteiger partial charge in [0.25, 0.3) is 0 Å². The number of carboxylic acids is 1. The molecule has 0 unspecified atom stereocenters. The van der Waals surface area contributed by atoms with Gasteiger partial charge in [-0.2, -0.15) is 0 Å². The van der Waals surface area contributed by atoms with E-state index in [1.165, 1.54) is 6.42 Å². The predicted octanol–water partition coefficient (Wildman–Crippen LogP) is 0.311. The van der Waals surface area contributed by atoms with Crippen LogP contribution in [0.1, 0.15) is 32.6 Å². The summed E-state index contributed by atoms with van der Waals surface area (Å²) in [6.45, 7) is 2.44. The summed E-state index contributed by atoms with van der Waals surface area (Å²) < 4.78 is 0. The van der Waals surface area contributed by atoms with Crippen LogP contribution >= 0.6 is 0 Å². The van der Waals surface area contributed by atoms with Crippen molar-refractivity contribution in [1.29, 1.82) is 0 Å². The Morgan fingerprint density at radius 3 is 2.41 bits per heavy atom. The normalized spacial score (nSPS) is 18.9. The quantitative estimate of drug-likeness (QED) is 0.540. The molecule has 0 radical (unpaired) electrons. The lowest BCUT2D eigenvalue weighted by molar-refractivity contribution is -0.146. The summed E-state index contributed by atoms with van der Waals surface area (Å²) in [7, 11) is 0. The van der Waals surface area contributed by atoms with Crippen molar-refractivity contribution in [2.45, 2.75) is 38.7 Å². The highest BCUT2D eigenvalue weighted by molar-refractivity contribution is 5.76. The number of carbonyl (C=O) groups excluding carboxylic acids is 1. The topological polar surface area (TPSA) is 98.7 Å². The summed E-state index contributed by atoms with van der Waals surface area (Å²) in [5.74, 6) is -1.34. The van der Waals surface area contributed by atoms with Gasteiger partial charge in [-0.1, -0.05) is 13.3 Å². The molecule has 0 aromatic heterocycles. The van der Waals surface area contributed by atoms with Gasteiger partial charge in [0.15, 0.2) is 6.10 Å². The molecule has 6 nitrogen and oxygen atoms in total. The first kappa shape index (κ1) is 13.8. The zero-order valence-electron chi connectivity index (χ0n) is 10.0. The van der Waals surface area contributed by atoms with E-state index in [4.69, 9.17) is 10.2 Å². The van der Waals surface area contributed by atoms with Crippen LogP contribution in [0.5, 0.6) is 0 Å². The first-order valence-electron chi connectivity index (χ1n) is 5.92. The minimum atomic E-state index is -1.55. The minimum Gasteiger partial charge on any atom is -0.479 e. The molecule has 4 N–H and O–H groups in total. The van der Waals surface area contributed by atoms with E-state index >= 15 is 0 Å². The molecule has 6 heteroatoms. The number of carboxylic acid groups (broad SMARTS) is 1. The number of aliphatic carboxylic acids is 1. The molecular weight excluding hydrogens is 224 g/mol. The Kier molecular flexibility index (Phi) is 4.74. The molecule has 0 aromatic rings. The van der Waals surface area contributed by atoms with E-state index in [9.17, 15) is 9.59 Å². The highest BCUT2D eigenvalue weighted by Gasteiger charge is 2.35. The zero-order chi connectivity index (χ0) is 12.9. The summed E-state index contributed by atoms with van der Waals surface area (Å²) in [5, 5.41) is 22.4. The van der Waals surface area contributed by atoms with Gasteiger partial charge in [-0.25, -0.2) is 9.59 Å². The summed E-state index contributed by atoms with van der Waals surface area (Å²) in [4.78, 5) is 21.7. The number of urea groups is 1. The summed E-state index contributed by atoms with van der Waals surface area (Å²) >= 11 is 0. The van der Waals surface area contributed by atoms with Crippen LogP contribution in [-0.2, 0) is 4.79 Å². The van der Waals surface area contributed by atoms with Gasteiger partial charge in [0.2, 0.25) is 0 Å². The van der Waals surface area contributed by atoms with Crippen LogP contribution in [0, 0.1) is 5.41 Å². The van der Waals surface area contributed by atoms with Crippen molar-refractivity contribution in [3.05, 3.63) is 0 Å². The molecule has 2 amide bonds. The van der Waals surface area contributed by atoms with E-state index in [-0.39, 0.29) is 12.0 Å². The highest BCUT2D eigenvalue weighted by Crippen LogP contribution is 2.42. The molecule has 0 aromatic carbocycles. The van der Waals surface area contributed by atoms with Crippen LogP contribution in [0.2, 0.25) is 0 Å². The van der Waals surface area contributed by atoms with Gasteiger partial charge in [-0.3, -0.25) is 0 Å².